The Bertz CT molecular complexity index is 1390. The third-order valence-corrected chi connectivity index (χ3v) is 8.73. The lowest BCUT2D eigenvalue weighted by atomic mass is 9.80. The van der Waals surface area contributed by atoms with E-state index in [0.29, 0.717) is 13.2 Å². The summed E-state index contributed by atoms with van der Waals surface area (Å²) in [5, 5.41) is 2.32. The average molecular weight is 506 g/mol. The molecule has 192 valence electrons. The zero-order valence-corrected chi connectivity index (χ0v) is 23.9. The van der Waals surface area contributed by atoms with Crippen LogP contribution in [0.1, 0.15) is 72.1 Å². The Kier molecular flexibility index (Phi) is 7.27. The first-order valence-corrected chi connectivity index (χ1v) is 14.7. The van der Waals surface area contributed by atoms with Crippen LogP contribution in [0.3, 0.4) is 0 Å². The van der Waals surface area contributed by atoms with Gasteiger partial charge in [-0.2, -0.15) is 0 Å². The van der Waals surface area contributed by atoms with Gasteiger partial charge in [0.15, 0.2) is 0 Å². The molecule has 4 aromatic rings. The smallest absolute Gasteiger partial charge is 0.309 e. The molecule has 4 rings (SSSR count). The number of hydrogen-bond acceptors (Lipinski definition) is 3. The highest BCUT2D eigenvalue weighted by Gasteiger charge is 2.26. The summed E-state index contributed by atoms with van der Waals surface area (Å²) in [6.07, 6.45) is 0.262. The van der Waals surface area contributed by atoms with E-state index in [1.54, 1.807) is 0 Å². The minimum atomic E-state index is -3.19. The fraction of sp³-hybridized carbons (Fsp3) is 0.419. The van der Waals surface area contributed by atoms with E-state index in [0.717, 1.165) is 22.0 Å². The summed E-state index contributed by atoms with van der Waals surface area (Å²) < 4.78 is 26.7. The molecule has 1 heterocycles. The summed E-state index contributed by atoms with van der Waals surface area (Å²) in [5.74, 6) is 0. The van der Waals surface area contributed by atoms with E-state index in [-0.39, 0.29) is 17.0 Å². The molecule has 36 heavy (non-hydrogen) atoms. The van der Waals surface area contributed by atoms with Gasteiger partial charge in [0.05, 0.1) is 30.4 Å². The maximum Gasteiger partial charge on any atom is 0.335 e. The number of nitrogens with zero attached hydrogens (tertiary/aromatic N) is 1. The number of aromatic nitrogens is 1. The van der Waals surface area contributed by atoms with Gasteiger partial charge in [0.2, 0.25) is 0 Å². The molecule has 5 heteroatoms. The maximum absolute atomic E-state index is 13.2. The van der Waals surface area contributed by atoms with Crippen molar-refractivity contribution >= 4 is 29.4 Å². The van der Waals surface area contributed by atoms with Crippen molar-refractivity contribution in [2.24, 2.45) is 0 Å². The van der Waals surface area contributed by atoms with Gasteiger partial charge >= 0.3 is 7.60 Å². The molecular formula is C31H40NO3P. The van der Waals surface area contributed by atoms with E-state index < -0.39 is 7.60 Å². The molecule has 0 saturated heterocycles. The fourth-order valence-electron chi connectivity index (χ4n) is 4.75. The monoisotopic (exact) mass is 505 g/mol. The van der Waals surface area contributed by atoms with Gasteiger partial charge in [0, 0.05) is 16.5 Å². The molecule has 3 aromatic carbocycles. The Morgan fingerprint density at radius 2 is 1.28 bits per heavy atom. The highest BCUT2D eigenvalue weighted by atomic mass is 31.2. The number of hydrogen-bond donors (Lipinski definition) is 0. The molecule has 0 bridgehead atoms. The Hall–Kier alpha value is -2.39. The van der Waals surface area contributed by atoms with E-state index in [2.05, 4.69) is 107 Å². The minimum Gasteiger partial charge on any atom is -0.309 e. The summed E-state index contributed by atoms with van der Waals surface area (Å²) >= 11 is 0. The van der Waals surface area contributed by atoms with Gasteiger partial charge in [0.1, 0.15) is 0 Å². The van der Waals surface area contributed by atoms with Gasteiger partial charge in [-0.15, -0.1) is 0 Å². The predicted octanol–water partition coefficient (Wildman–Crippen LogP) is 9.14. The third-order valence-electron chi connectivity index (χ3n) is 6.67. The van der Waals surface area contributed by atoms with Crippen LogP contribution in [0.15, 0.2) is 60.7 Å². The van der Waals surface area contributed by atoms with Crippen LogP contribution >= 0.6 is 7.60 Å². The van der Waals surface area contributed by atoms with E-state index in [9.17, 15) is 4.57 Å². The van der Waals surface area contributed by atoms with Crippen molar-refractivity contribution in [3.8, 4) is 5.69 Å². The average Bonchev–Trinajstić information content (AvgIpc) is 3.11. The topological polar surface area (TPSA) is 40.5 Å². The van der Waals surface area contributed by atoms with Crippen molar-refractivity contribution in [2.75, 3.05) is 13.2 Å². The van der Waals surface area contributed by atoms with Crippen molar-refractivity contribution in [3.63, 3.8) is 0 Å². The molecular weight excluding hydrogens is 465 g/mol. The molecule has 0 aliphatic heterocycles. The van der Waals surface area contributed by atoms with E-state index in [1.165, 1.54) is 22.2 Å². The van der Waals surface area contributed by atoms with Crippen molar-refractivity contribution < 1.29 is 13.6 Å². The first-order chi connectivity index (χ1) is 16.9. The van der Waals surface area contributed by atoms with Crippen LogP contribution in [-0.2, 0) is 30.6 Å². The predicted molar refractivity (Wildman–Crippen MR) is 153 cm³/mol. The first-order valence-electron chi connectivity index (χ1n) is 12.9. The largest absolute Gasteiger partial charge is 0.335 e. The second kappa shape index (κ2) is 9.82. The first kappa shape index (κ1) is 26.7. The van der Waals surface area contributed by atoms with Crippen LogP contribution in [0.25, 0.3) is 27.5 Å². The van der Waals surface area contributed by atoms with Gasteiger partial charge in [0.25, 0.3) is 0 Å². The summed E-state index contributed by atoms with van der Waals surface area (Å²) in [6, 6.07) is 21.9. The highest BCUT2D eigenvalue weighted by Crippen LogP contribution is 2.51. The molecule has 0 radical (unpaired) electrons. The molecule has 4 nitrogen and oxygen atoms in total. The second-order valence-corrected chi connectivity index (χ2v) is 13.6. The number of fused-ring (bicyclic) bond motifs is 3. The maximum atomic E-state index is 13.2. The molecule has 0 atom stereocenters. The van der Waals surface area contributed by atoms with Crippen LogP contribution < -0.4 is 0 Å². The summed E-state index contributed by atoms with van der Waals surface area (Å²) in [5.41, 5.74) is 7.11. The van der Waals surface area contributed by atoms with Crippen molar-refractivity contribution in [2.45, 2.75) is 72.4 Å². The summed E-state index contributed by atoms with van der Waals surface area (Å²) in [4.78, 5) is 0. The summed E-state index contributed by atoms with van der Waals surface area (Å²) in [7, 11) is -3.19. The van der Waals surface area contributed by atoms with Gasteiger partial charge in [-0.1, -0.05) is 71.9 Å². The van der Waals surface area contributed by atoms with E-state index >= 15 is 0 Å². The van der Waals surface area contributed by atoms with Gasteiger partial charge < -0.3 is 13.6 Å². The Morgan fingerprint density at radius 1 is 0.722 bits per heavy atom. The molecule has 0 fully saturated rings. The Morgan fingerprint density at radius 3 is 1.83 bits per heavy atom. The summed E-state index contributed by atoms with van der Waals surface area (Å²) in [6.45, 7) is 18.0. The van der Waals surface area contributed by atoms with Crippen LogP contribution in [-0.4, -0.2) is 17.8 Å². The van der Waals surface area contributed by atoms with Crippen LogP contribution in [0, 0.1) is 0 Å². The molecule has 0 saturated carbocycles. The lowest BCUT2D eigenvalue weighted by molar-refractivity contribution is 0.219. The fourth-order valence-corrected chi connectivity index (χ4v) is 6.44. The molecule has 0 unspecified atom stereocenters. The quantitative estimate of drug-likeness (QED) is 0.235. The van der Waals surface area contributed by atoms with Gasteiger partial charge in [-0.05, 0) is 71.7 Å². The standard InChI is InChI=1S/C31H40NO3P/c1-9-34-36(33,35-10-2)21-22-15-16-29-27(17-22)26-13-11-12-14-28(26)32(29)25-19-23(30(3,4)5)18-24(20-25)31(6,7)8/h11-20H,9-10,21H2,1-8H3. The Balaban J connectivity index is 1.96. The SMILES string of the molecule is CCOP(=O)(Cc1ccc2c(c1)c1ccccc1n2-c1cc(C(C)(C)C)cc(C(C)(C)C)c1)OCC. The molecule has 0 N–H and O–H groups in total. The number of benzene rings is 3. The number of para-hydroxylation sites is 1. The van der Waals surface area contributed by atoms with Crippen LogP contribution in [0.4, 0.5) is 0 Å². The van der Waals surface area contributed by atoms with Crippen molar-refractivity contribution in [1.82, 2.24) is 4.57 Å². The highest BCUT2D eigenvalue weighted by molar-refractivity contribution is 7.53. The molecule has 0 aliphatic rings. The molecule has 0 amide bonds. The lowest BCUT2D eigenvalue weighted by Crippen LogP contribution is -2.17. The Labute approximate surface area is 216 Å². The zero-order valence-electron chi connectivity index (χ0n) is 23.0. The lowest BCUT2D eigenvalue weighted by Gasteiger charge is -2.26. The van der Waals surface area contributed by atoms with Crippen molar-refractivity contribution in [1.29, 1.82) is 0 Å². The molecule has 1 aromatic heterocycles. The van der Waals surface area contributed by atoms with Gasteiger partial charge in [-0.25, -0.2) is 0 Å². The van der Waals surface area contributed by atoms with E-state index in [4.69, 9.17) is 9.05 Å². The molecule has 0 aliphatic carbocycles. The minimum absolute atomic E-state index is 0.0294. The normalized spacial score (nSPS) is 13.1. The third kappa shape index (κ3) is 5.32. The van der Waals surface area contributed by atoms with E-state index in [1.807, 2.05) is 13.8 Å². The zero-order chi connectivity index (χ0) is 26.3. The van der Waals surface area contributed by atoms with Crippen LogP contribution in [0.5, 0.6) is 0 Å². The number of rotatable bonds is 7. The molecule has 0 spiro atoms. The van der Waals surface area contributed by atoms with Gasteiger partial charge in [-0.3, -0.25) is 4.57 Å². The van der Waals surface area contributed by atoms with Crippen molar-refractivity contribution in [3.05, 3.63) is 77.4 Å². The van der Waals surface area contributed by atoms with Crippen LogP contribution in [0.2, 0.25) is 0 Å². The second-order valence-electron chi connectivity index (χ2n) is 11.6.